The highest BCUT2D eigenvalue weighted by molar-refractivity contribution is 5.86. The molecule has 0 saturated heterocycles. The minimum absolute atomic E-state index is 0.306. The molecule has 0 spiro atoms. The maximum atomic E-state index is 11.7. The fourth-order valence-electron chi connectivity index (χ4n) is 1.68. The van der Waals surface area contributed by atoms with Crippen LogP contribution in [0.1, 0.15) is 39.5 Å². The van der Waals surface area contributed by atoms with Gasteiger partial charge >= 0.3 is 5.97 Å². The summed E-state index contributed by atoms with van der Waals surface area (Å²) in [5.41, 5.74) is 9.40. The lowest BCUT2D eigenvalue weighted by Gasteiger charge is -2.18. The monoisotopic (exact) mass is 260 g/mol. The first-order chi connectivity index (χ1) is 8.38. The fourth-order valence-corrected chi connectivity index (χ4v) is 1.68. The highest BCUT2D eigenvalue weighted by Gasteiger charge is 2.23. The molecule has 7 N–H and O–H groups in total. The van der Waals surface area contributed by atoms with Gasteiger partial charge in [0.1, 0.15) is 6.04 Å². The van der Waals surface area contributed by atoms with Crippen LogP contribution in [-0.4, -0.2) is 35.6 Å². The molecule has 0 saturated carbocycles. The van der Waals surface area contributed by atoms with Crippen molar-refractivity contribution in [3.05, 3.63) is 0 Å². The number of nitrogens with one attached hydrogen (secondary N) is 1. The summed E-state index contributed by atoms with van der Waals surface area (Å²) in [6, 6.07) is -1.48. The third kappa shape index (κ3) is 7.24. The molecule has 6 heteroatoms. The van der Waals surface area contributed by atoms with Crippen LogP contribution in [0.2, 0.25) is 0 Å². The van der Waals surface area contributed by atoms with Gasteiger partial charge in [0.2, 0.25) is 5.91 Å². The lowest BCUT2D eigenvalue weighted by molar-refractivity contribution is -0.368. The molecule has 0 fully saturated rings. The molecule has 0 aromatic heterocycles. The first-order valence-electron chi connectivity index (χ1n) is 6.46. The van der Waals surface area contributed by atoms with Gasteiger partial charge in [-0.2, -0.15) is 0 Å². The second-order valence-electron chi connectivity index (χ2n) is 4.98. The number of carbonyl (C=O) groups is 2. The van der Waals surface area contributed by atoms with Gasteiger partial charge in [-0.25, -0.2) is 4.79 Å². The van der Waals surface area contributed by atoms with E-state index in [1.54, 1.807) is 0 Å². The van der Waals surface area contributed by atoms with Crippen molar-refractivity contribution in [2.75, 3.05) is 6.54 Å². The average molecular weight is 260 g/mol. The van der Waals surface area contributed by atoms with Gasteiger partial charge in [0.25, 0.3) is 0 Å². The lowest BCUT2D eigenvalue weighted by Crippen LogP contribution is -2.50. The van der Waals surface area contributed by atoms with Crippen molar-refractivity contribution < 1.29 is 20.4 Å². The minimum Gasteiger partial charge on any atom is -0.480 e. The molecule has 0 aromatic rings. The molecule has 6 nitrogen and oxygen atoms in total. The Kier molecular flexibility index (Phi) is 8.32. The van der Waals surface area contributed by atoms with Gasteiger partial charge in [-0.3, -0.25) is 4.79 Å². The molecule has 2 atom stereocenters. The predicted molar refractivity (Wildman–Crippen MR) is 68.6 cm³/mol. The van der Waals surface area contributed by atoms with Crippen LogP contribution in [-0.2, 0) is 9.59 Å². The molecule has 0 bridgehead atoms. The fraction of sp³-hybridized carbons (Fsp3) is 0.833. The van der Waals surface area contributed by atoms with E-state index < -0.39 is 18.1 Å². The van der Waals surface area contributed by atoms with Crippen LogP contribution in [0.15, 0.2) is 0 Å². The zero-order valence-electron chi connectivity index (χ0n) is 11.3. The summed E-state index contributed by atoms with van der Waals surface area (Å²) < 4.78 is 0. The number of rotatable bonds is 9. The molecule has 0 heterocycles. The summed E-state index contributed by atoms with van der Waals surface area (Å²) in [7, 11) is 0. The number of carboxylic acid groups (broad SMARTS) is 1. The molecule has 0 unspecified atom stereocenters. The number of carboxylic acids is 1. The van der Waals surface area contributed by atoms with Crippen molar-refractivity contribution in [2.45, 2.75) is 51.6 Å². The topological polar surface area (TPSA) is 120 Å². The van der Waals surface area contributed by atoms with E-state index in [1.807, 2.05) is 13.8 Å². The minimum atomic E-state index is -1.01. The molecule has 1 amide bonds. The molecular weight excluding hydrogens is 234 g/mol. The SMILES string of the molecule is CC(C)C[C@H](N)C(=O)N[C@@H](CCCC[NH3+])C(=O)O. The Labute approximate surface area is 108 Å². The molecule has 106 valence electrons. The second kappa shape index (κ2) is 8.88. The van der Waals surface area contributed by atoms with Crippen molar-refractivity contribution in [1.29, 1.82) is 0 Å². The van der Waals surface area contributed by atoms with Crippen LogP contribution >= 0.6 is 0 Å². The van der Waals surface area contributed by atoms with E-state index in [9.17, 15) is 9.59 Å². The summed E-state index contributed by atoms with van der Waals surface area (Å²) in [6.07, 6.45) is 2.57. The van der Waals surface area contributed by atoms with Crippen molar-refractivity contribution in [3.8, 4) is 0 Å². The van der Waals surface area contributed by atoms with E-state index in [4.69, 9.17) is 10.8 Å². The summed E-state index contributed by atoms with van der Waals surface area (Å²) >= 11 is 0. The first-order valence-corrected chi connectivity index (χ1v) is 6.46. The van der Waals surface area contributed by atoms with Gasteiger partial charge in [0.05, 0.1) is 12.6 Å². The van der Waals surface area contributed by atoms with E-state index in [2.05, 4.69) is 11.1 Å². The van der Waals surface area contributed by atoms with Gasteiger partial charge in [-0.05, 0) is 31.6 Å². The van der Waals surface area contributed by atoms with E-state index in [0.717, 1.165) is 19.4 Å². The molecule has 0 aliphatic rings. The maximum Gasteiger partial charge on any atom is 0.326 e. The molecule has 0 aromatic carbocycles. The van der Waals surface area contributed by atoms with Crippen molar-refractivity contribution >= 4 is 11.9 Å². The van der Waals surface area contributed by atoms with Gasteiger partial charge in [-0.15, -0.1) is 0 Å². The smallest absolute Gasteiger partial charge is 0.326 e. The number of unbranched alkanes of at least 4 members (excludes halogenated alkanes) is 1. The molecule has 0 rings (SSSR count). The summed E-state index contributed by atoms with van der Waals surface area (Å²) in [5.74, 6) is -1.09. The molecular formula is C12H26N3O3+. The molecule has 18 heavy (non-hydrogen) atoms. The van der Waals surface area contributed by atoms with Crippen LogP contribution in [0.5, 0.6) is 0 Å². The van der Waals surface area contributed by atoms with Crippen LogP contribution < -0.4 is 16.8 Å². The van der Waals surface area contributed by atoms with Gasteiger partial charge in [-0.1, -0.05) is 13.8 Å². The third-order valence-corrected chi connectivity index (χ3v) is 2.67. The Hall–Kier alpha value is -1.14. The van der Waals surface area contributed by atoms with Crippen LogP contribution in [0.25, 0.3) is 0 Å². The zero-order chi connectivity index (χ0) is 14.1. The Bertz CT molecular complexity index is 269. The quantitative estimate of drug-likeness (QED) is 0.411. The average Bonchev–Trinajstić information content (AvgIpc) is 2.26. The lowest BCUT2D eigenvalue weighted by atomic mass is 10.0. The highest BCUT2D eigenvalue weighted by Crippen LogP contribution is 2.05. The first kappa shape index (κ1) is 16.9. The number of hydrogen-bond acceptors (Lipinski definition) is 3. The maximum absolute atomic E-state index is 11.7. The number of aliphatic carboxylic acids is 1. The summed E-state index contributed by atoms with van der Waals surface area (Å²) in [6.45, 7) is 4.71. The Balaban J connectivity index is 4.22. The summed E-state index contributed by atoms with van der Waals surface area (Å²) in [4.78, 5) is 22.7. The standard InChI is InChI=1S/C12H25N3O3/c1-8(2)7-9(14)11(16)15-10(12(17)18)5-3-4-6-13/h8-10H,3-7,13-14H2,1-2H3,(H,15,16)(H,17,18)/p+1/t9-,10-/m0/s1. The van der Waals surface area contributed by atoms with Gasteiger partial charge < -0.3 is 21.9 Å². The second-order valence-corrected chi connectivity index (χ2v) is 4.98. The van der Waals surface area contributed by atoms with Gasteiger partial charge in [0.15, 0.2) is 0 Å². The van der Waals surface area contributed by atoms with Crippen molar-refractivity contribution in [2.24, 2.45) is 11.7 Å². The van der Waals surface area contributed by atoms with E-state index in [1.165, 1.54) is 0 Å². The number of carbonyl (C=O) groups excluding carboxylic acids is 1. The Morgan fingerprint density at radius 2 is 1.94 bits per heavy atom. The van der Waals surface area contributed by atoms with E-state index in [0.29, 0.717) is 18.8 Å². The molecule has 0 aliphatic heterocycles. The Morgan fingerprint density at radius 3 is 2.39 bits per heavy atom. The molecule has 0 aliphatic carbocycles. The zero-order valence-corrected chi connectivity index (χ0v) is 11.3. The number of amides is 1. The van der Waals surface area contributed by atoms with E-state index in [-0.39, 0.29) is 5.91 Å². The molecule has 0 radical (unpaired) electrons. The van der Waals surface area contributed by atoms with Crippen molar-refractivity contribution in [3.63, 3.8) is 0 Å². The van der Waals surface area contributed by atoms with Crippen LogP contribution in [0.3, 0.4) is 0 Å². The number of quaternary nitrogens is 1. The third-order valence-electron chi connectivity index (χ3n) is 2.67. The Morgan fingerprint density at radius 1 is 1.33 bits per heavy atom. The number of nitrogens with two attached hydrogens (primary N) is 1. The number of hydrogen-bond donors (Lipinski definition) is 4. The van der Waals surface area contributed by atoms with Crippen LogP contribution in [0, 0.1) is 5.92 Å². The summed E-state index contributed by atoms with van der Waals surface area (Å²) in [5, 5.41) is 11.5. The van der Waals surface area contributed by atoms with Crippen molar-refractivity contribution in [1.82, 2.24) is 5.32 Å². The largest absolute Gasteiger partial charge is 0.480 e. The van der Waals surface area contributed by atoms with Gasteiger partial charge in [0, 0.05) is 0 Å². The van der Waals surface area contributed by atoms with E-state index >= 15 is 0 Å². The highest BCUT2D eigenvalue weighted by atomic mass is 16.4. The predicted octanol–water partition coefficient (Wildman–Crippen LogP) is -0.659. The van der Waals surface area contributed by atoms with Crippen LogP contribution in [0.4, 0.5) is 0 Å². The normalized spacial score (nSPS) is 14.3.